The fourth-order valence-electron chi connectivity index (χ4n) is 2.91. The second kappa shape index (κ2) is 5.68. The molecule has 1 saturated heterocycles. The summed E-state index contributed by atoms with van der Waals surface area (Å²) < 4.78 is 1.99. The van der Waals surface area contributed by atoms with Gasteiger partial charge in [-0.3, -0.25) is 9.36 Å². The summed E-state index contributed by atoms with van der Waals surface area (Å²) in [4.78, 5) is 22.3. The van der Waals surface area contributed by atoms with Gasteiger partial charge in [-0.1, -0.05) is 6.07 Å². The van der Waals surface area contributed by atoms with Crippen molar-refractivity contribution in [2.75, 3.05) is 13.1 Å². The maximum absolute atomic E-state index is 11.4. The molecule has 3 heterocycles. The van der Waals surface area contributed by atoms with E-state index in [2.05, 4.69) is 17.1 Å². The lowest BCUT2D eigenvalue weighted by Gasteiger charge is -2.31. The van der Waals surface area contributed by atoms with Crippen molar-refractivity contribution in [3.8, 4) is 5.82 Å². The van der Waals surface area contributed by atoms with Gasteiger partial charge < -0.3 is 4.90 Å². The Hall–Kier alpha value is -2.17. The van der Waals surface area contributed by atoms with Crippen LogP contribution in [0.5, 0.6) is 0 Å². The number of aryl methyl sites for hydroxylation is 1. The van der Waals surface area contributed by atoms with E-state index < -0.39 is 0 Å². The number of rotatable bonds is 2. The van der Waals surface area contributed by atoms with E-state index in [-0.39, 0.29) is 5.91 Å². The number of carbonyl (C=O) groups is 1. The molecule has 0 atom stereocenters. The molecule has 110 valence electrons. The molecule has 0 spiro atoms. The molecular weight excluding hydrogens is 264 g/mol. The van der Waals surface area contributed by atoms with Crippen LogP contribution in [0.25, 0.3) is 5.82 Å². The normalized spacial score (nSPS) is 16.2. The van der Waals surface area contributed by atoms with Crippen molar-refractivity contribution >= 4 is 5.91 Å². The van der Waals surface area contributed by atoms with E-state index in [1.807, 2.05) is 28.7 Å². The van der Waals surface area contributed by atoms with Crippen LogP contribution in [-0.4, -0.2) is 38.4 Å². The van der Waals surface area contributed by atoms with E-state index >= 15 is 0 Å². The zero-order valence-corrected chi connectivity index (χ0v) is 12.5. The van der Waals surface area contributed by atoms with Gasteiger partial charge in [0.15, 0.2) is 0 Å². The highest BCUT2D eigenvalue weighted by molar-refractivity contribution is 5.73. The van der Waals surface area contributed by atoms with Crippen LogP contribution in [-0.2, 0) is 4.79 Å². The van der Waals surface area contributed by atoms with Gasteiger partial charge in [-0.25, -0.2) is 9.97 Å². The van der Waals surface area contributed by atoms with Gasteiger partial charge >= 0.3 is 0 Å². The average Bonchev–Trinajstić information content (AvgIpc) is 2.94. The molecule has 0 unspecified atom stereocenters. The highest BCUT2D eigenvalue weighted by Crippen LogP contribution is 2.27. The largest absolute Gasteiger partial charge is 0.343 e. The Labute approximate surface area is 124 Å². The van der Waals surface area contributed by atoms with Crippen LogP contribution in [0.4, 0.5) is 0 Å². The summed E-state index contributed by atoms with van der Waals surface area (Å²) in [5, 5.41) is 0. The second-order valence-corrected chi connectivity index (χ2v) is 5.55. The van der Waals surface area contributed by atoms with Crippen molar-refractivity contribution in [1.29, 1.82) is 0 Å². The molecule has 0 aliphatic carbocycles. The van der Waals surface area contributed by atoms with Crippen LogP contribution in [0.1, 0.15) is 37.2 Å². The number of nitrogens with zero attached hydrogens (tertiary/aromatic N) is 4. The van der Waals surface area contributed by atoms with Crippen molar-refractivity contribution in [2.45, 2.75) is 32.6 Å². The quantitative estimate of drug-likeness (QED) is 0.850. The van der Waals surface area contributed by atoms with Gasteiger partial charge in [0.2, 0.25) is 5.91 Å². The smallest absolute Gasteiger partial charge is 0.219 e. The molecule has 2 aromatic rings. The highest BCUT2D eigenvalue weighted by Gasteiger charge is 2.23. The summed E-state index contributed by atoms with van der Waals surface area (Å²) in [6.07, 6.45) is 5.69. The maximum Gasteiger partial charge on any atom is 0.219 e. The number of amides is 1. The highest BCUT2D eigenvalue weighted by atomic mass is 16.2. The Morgan fingerprint density at radius 1 is 1.29 bits per heavy atom. The lowest BCUT2D eigenvalue weighted by atomic mass is 9.93. The predicted octanol–water partition coefficient (Wildman–Crippen LogP) is 2.30. The van der Waals surface area contributed by atoms with Crippen LogP contribution < -0.4 is 0 Å². The first-order valence-corrected chi connectivity index (χ1v) is 7.38. The van der Waals surface area contributed by atoms with Crippen LogP contribution in [0.15, 0.2) is 30.6 Å². The van der Waals surface area contributed by atoms with Gasteiger partial charge in [0.05, 0.1) is 0 Å². The molecule has 1 amide bonds. The molecule has 1 fully saturated rings. The summed E-state index contributed by atoms with van der Waals surface area (Å²) in [5.41, 5.74) is 1.11. The predicted molar refractivity (Wildman–Crippen MR) is 80.3 cm³/mol. The molecule has 3 rings (SSSR count). The molecule has 0 aromatic carbocycles. The van der Waals surface area contributed by atoms with Crippen molar-refractivity contribution < 1.29 is 4.79 Å². The Morgan fingerprint density at radius 2 is 2.05 bits per heavy atom. The molecule has 0 saturated carbocycles. The molecular formula is C16H20N4O. The van der Waals surface area contributed by atoms with Crippen LogP contribution in [0.3, 0.4) is 0 Å². The van der Waals surface area contributed by atoms with Crippen LogP contribution in [0, 0.1) is 6.92 Å². The number of piperidine rings is 1. The van der Waals surface area contributed by atoms with Crippen molar-refractivity contribution in [2.24, 2.45) is 0 Å². The maximum atomic E-state index is 11.4. The fourth-order valence-corrected chi connectivity index (χ4v) is 2.91. The SMILES string of the molecule is CC(=O)N1CCC(c2cccc(-n3ccnc3C)n2)CC1. The van der Waals surface area contributed by atoms with E-state index in [1.54, 1.807) is 13.1 Å². The summed E-state index contributed by atoms with van der Waals surface area (Å²) in [7, 11) is 0. The number of hydrogen-bond donors (Lipinski definition) is 0. The molecule has 21 heavy (non-hydrogen) atoms. The Bertz CT molecular complexity index is 641. The van der Waals surface area contributed by atoms with E-state index in [0.29, 0.717) is 5.92 Å². The number of likely N-dealkylation sites (tertiary alicyclic amines) is 1. The number of pyridine rings is 1. The first kappa shape index (κ1) is 13.8. The van der Waals surface area contributed by atoms with Gasteiger partial charge in [-0.05, 0) is 31.9 Å². The topological polar surface area (TPSA) is 51.0 Å². The Kier molecular flexibility index (Phi) is 3.73. The third kappa shape index (κ3) is 2.82. The van der Waals surface area contributed by atoms with Gasteiger partial charge in [0.25, 0.3) is 0 Å². The Morgan fingerprint density at radius 3 is 2.67 bits per heavy atom. The first-order valence-electron chi connectivity index (χ1n) is 7.38. The van der Waals surface area contributed by atoms with Crippen molar-refractivity contribution in [3.63, 3.8) is 0 Å². The van der Waals surface area contributed by atoms with E-state index in [0.717, 1.165) is 43.3 Å². The first-order chi connectivity index (χ1) is 10.1. The molecule has 0 bridgehead atoms. The standard InChI is InChI=1S/C16H20N4O/c1-12-17-8-11-20(12)16-5-3-4-15(18-16)14-6-9-19(10-7-14)13(2)21/h3-5,8,11,14H,6-7,9-10H2,1-2H3. The van der Waals surface area contributed by atoms with Gasteiger partial charge in [0, 0.05) is 44.0 Å². The molecule has 0 radical (unpaired) electrons. The van der Waals surface area contributed by atoms with Gasteiger partial charge in [-0.2, -0.15) is 0 Å². The minimum Gasteiger partial charge on any atom is -0.343 e. The van der Waals surface area contributed by atoms with E-state index in [9.17, 15) is 4.79 Å². The Balaban J connectivity index is 1.78. The van der Waals surface area contributed by atoms with E-state index in [4.69, 9.17) is 4.98 Å². The van der Waals surface area contributed by atoms with E-state index in [1.165, 1.54) is 0 Å². The number of imidazole rings is 1. The molecule has 0 N–H and O–H groups in total. The number of aromatic nitrogens is 3. The minimum absolute atomic E-state index is 0.171. The third-order valence-corrected chi connectivity index (χ3v) is 4.19. The van der Waals surface area contributed by atoms with Crippen LogP contribution in [0.2, 0.25) is 0 Å². The van der Waals surface area contributed by atoms with Gasteiger partial charge in [-0.15, -0.1) is 0 Å². The lowest BCUT2D eigenvalue weighted by Crippen LogP contribution is -2.36. The molecule has 1 aliphatic heterocycles. The summed E-state index contributed by atoms with van der Waals surface area (Å²) >= 11 is 0. The monoisotopic (exact) mass is 284 g/mol. The summed E-state index contributed by atoms with van der Waals surface area (Å²) in [6.45, 7) is 5.27. The molecule has 1 aliphatic rings. The van der Waals surface area contributed by atoms with Crippen molar-refractivity contribution in [3.05, 3.63) is 42.1 Å². The molecule has 2 aromatic heterocycles. The zero-order valence-electron chi connectivity index (χ0n) is 12.5. The minimum atomic E-state index is 0.171. The second-order valence-electron chi connectivity index (χ2n) is 5.55. The third-order valence-electron chi connectivity index (χ3n) is 4.19. The van der Waals surface area contributed by atoms with Crippen LogP contribution >= 0.6 is 0 Å². The zero-order chi connectivity index (χ0) is 14.8. The average molecular weight is 284 g/mol. The molecule has 5 heteroatoms. The fraction of sp³-hybridized carbons (Fsp3) is 0.438. The lowest BCUT2D eigenvalue weighted by molar-refractivity contribution is -0.129. The van der Waals surface area contributed by atoms with Gasteiger partial charge in [0.1, 0.15) is 11.6 Å². The molecule has 5 nitrogen and oxygen atoms in total. The number of hydrogen-bond acceptors (Lipinski definition) is 3. The summed E-state index contributed by atoms with van der Waals surface area (Å²) in [5.74, 6) is 2.45. The number of carbonyl (C=O) groups excluding carboxylic acids is 1. The summed E-state index contributed by atoms with van der Waals surface area (Å²) in [6, 6.07) is 6.14. The van der Waals surface area contributed by atoms with Crippen molar-refractivity contribution in [1.82, 2.24) is 19.4 Å².